The van der Waals surface area contributed by atoms with Gasteiger partial charge in [-0.15, -0.1) is 0 Å². The fraction of sp³-hybridized carbons (Fsp3) is 0.508. The molecule has 4 aromatic rings. The molecular formula is C61H83N11O15S2. The van der Waals surface area contributed by atoms with E-state index in [1.165, 1.54) is 31.2 Å². The predicted molar refractivity (Wildman–Crippen MR) is 334 cm³/mol. The summed E-state index contributed by atoms with van der Waals surface area (Å²) in [5.41, 5.74) is 1.55. The van der Waals surface area contributed by atoms with Crippen LogP contribution in [0.5, 0.6) is 5.75 Å². The average Bonchev–Trinajstić information content (AvgIpc) is 2.79. The third-order valence-corrected chi connectivity index (χ3v) is 17.2. The number of unbranched alkanes of at least 4 members (excludes halogenated alkanes) is 1. The Morgan fingerprint density at radius 3 is 1.98 bits per heavy atom. The lowest BCUT2D eigenvalue weighted by molar-refractivity contribution is -0.145. The Morgan fingerprint density at radius 1 is 0.685 bits per heavy atom. The summed E-state index contributed by atoms with van der Waals surface area (Å²) in [6, 6.07) is 8.25. The molecule has 1 aromatic heterocycles. The minimum Gasteiger partial charge on any atom is -0.508 e. The van der Waals surface area contributed by atoms with Gasteiger partial charge in [0.2, 0.25) is 41.4 Å². The van der Waals surface area contributed by atoms with Gasteiger partial charge >= 0.3 is 18.1 Å². The molecule has 28 heteroatoms. The molecule has 3 aromatic carbocycles. The number of carboxylic acid groups (broad SMARTS) is 1. The van der Waals surface area contributed by atoms with Crippen LogP contribution in [0.2, 0.25) is 0 Å². The Kier molecular flexibility index (Phi) is 26.8. The molecule has 484 valence electrons. The summed E-state index contributed by atoms with van der Waals surface area (Å²) in [6.07, 6.45) is 1.76. The van der Waals surface area contributed by atoms with Crippen LogP contribution in [0.3, 0.4) is 0 Å². The minimum absolute atomic E-state index is 0.0207. The second-order valence-corrected chi connectivity index (χ2v) is 25.8. The number of phenols is 1. The Bertz CT molecular complexity index is 3070. The smallest absolute Gasteiger partial charge is 0.407 e. The molecule has 0 radical (unpaired) electrons. The molecule has 0 bridgehead atoms. The quantitative estimate of drug-likeness (QED) is 0.0446. The molecule has 10 atom stereocenters. The maximum atomic E-state index is 15.1. The molecule has 1 saturated heterocycles. The van der Waals surface area contributed by atoms with E-state index < -0.39 is 131 Å². The fourth-order valence-electron chi connectivity index (χ4n) is 10.00. The largest absolute Gasteiger partial charge is 0.508 e. The van der Waals surface area contributed by atoms with E-state index in [2.05, 4.69) is 58.2 Å². The van der Waals surface area contributed by atoms with Crippen molar-refractivity contribution >= 4 is 91.9 Å². The average molecular weight is 1270 g/mol. The number of alkyl carbamates (subject to hydrolysis) is 1. The van der Waals surface area contributed by atoms with E-state index in [0.29, 0.717) is 27.6 Å². The van der Waals surface area contributed by atoms with Crippen molar-refractivity contribution in [2.45, 2.75) is 177 Å². The highest BCUT2D eigenvalue weighted by molar-refractivity contribution is 8.76. The number of carboxylic acids is 1. The number of carbonyl (C=O) groups excluding carboxylic acids is 9. The van der Waals surface area contributed by atoms with Crippen molar-refractivity contribution in [3.63, 3.8) is 0 Å². The third kappa shape index (κ3) is 22.8. The number of para-hydroxylation sites is 1. The highest BCUT2D eigenvalue weighted by Gasteiger charge is 2.38. The van der Waals surface area contributed by atoms with E-state index in [0.717, 1.165) is 60.6 Å². The number of ether oxygens (including phenoxy) is 1. The van der Waals surface area contributed by atoms with Crippen LogP contribution in [0.25, 0.3) is 10.9 Å². The molecule has 89 heavy (non-hydrogen) atoms. The number of aromatic nitrogens is 1. The number of H-pyrrole nitrogens is 1. The summed E-state index contributed by atoms with van der Waals surface area (Å²) in [7, 11) is 1.79. The van der Waals surface area contributed by atoms with Gasteiger partial charge in [-0.25, -0.2) is 14.4 Å². The zero-order chi connectivity index (χ0) is 64.8. The molecule has 15 N–H and O–H groups in total. The van der Waals surface area contributed by atoms with Crippen molar-refractivity contribution in [3.05, 3.63) is 102 Å². The first kappa shape index (κ1) is 70.0. The number of fused-ring (bicyclic) bond motifs is 1. The van der Waals surface area contributed by atoms with Gasteiger partial charge in [-0.1, -0.05) is 102 Å². The van der Waals surface area contributed by atoms with E-state index in [1.54, 1.807) is 81.6 Å². The summed E-state index contributed by atoms with van der Waals surface area (Å²) < 4.78 is 5.33. The van der Waals surface area contributed by atoms with Crippen molar-refractivity contribution < 1.29 is 73.1 Å². The third-order valence-electron chi connectivity index (χ3n) is 14.7. The predicted octanol–water partition coefficient (Wildman–Crippen LogP) is 2.23. The minimum atomic E-state index is -1.87. The van der Waals surface area contributed by atoms with Gasteiger partial charge in [0, 0.05) is 60.5 Å². The van der Waals surface area contributed by atoms with Gasteiger partial charge in [0.1, 0.15) is 53.6 Å². The first-order valence-electron chi connectivity index (χ1n) is 29.7. The molecule has 0 spiro atoms. The number of urea groups is 1. The van der Waals surface area contributed by atoms with E-state index in [1.807, 2.05) is 0 Å². The number of phenolic OH excluding ortho intramolecular Hbond substituents is 1. The van der Waals surface area contributed by atoms with Crippen molar-refractivity contribution in [2.75, 3.05) is 18.1 Å². The van der Waals surface area contributed by atoms with E-state index in [-0.39, 0.29) is 62.6 Å². The van der Waals surface area contributed by atoms with Crippen molar-refractivity contribution in [1.29, 1.82) is 0 Å². The molecule has 26 nitrogen and oxygen atoms in total. The number of rotatable bonds is 20. The van der Waals surface area contributed by atoms with Crippen LogP contribution in [0.1, 0.15) is 103 Å². The second-order valence-electron chi connectivity index (χ2n) is 23.2. The summed E-state index contributed by atoms with van der Waals surface area (Å²) in [4.78, 5) is 144. The Balaban J connectivity index is 1.42. The number of aromatic hydroxyl groups is 1. The van der Waals surface area contributed by atoms with Crippen LogP contribution in [0, 0.1) is 0 Å². The number of aromatic amines is 1. The zero-order valence-corrected chi connectivity index (χ0v) is 52.1. The van der Waals surface area contributed by atoms with Crippen LogP contribution in [-0.4, -0.2) is 175 Å². The van der Waals surface area contributed by atoms with Crippen LogP contribution in [0.15, 0.2) is 85.1 Å². The molecule has 0 unspecified atom stereocenters. The molecule has 1 saturated carbocycles. The number of benzene rings is 3. The van der Waals surface area contributed by atoms with Crippen molar-refractivity contribution in [1.82, 2.24) is 58.2 Å². The van der Waals surface area contributed by atoms with E-state index in [9.17, 15) is 54.0 Å². The zero-order valence-electron chi connectivity index (χ0n) is 50.4. The Morgan fingerprint density at radius 2 is 1.31 bits per heavy atom. The highest BCUT2D eigenvalue weighted by atomic mass is 33.1. The maximum absolute atomic E-state index is 15.1. The van der Waals surface area contributed by atoms with Crippen LogP contribution < -0.4 is 53.2 Å². The second kappa shape index (κ2) is 34.0. The molecule has 2 fully saturated rings. The lowest BCUT2D eigenvalue weighted by atomic mass is 9.96. The summed E-state index contributed by atoms with van der Waals surface area (Å²) in [5, 5.41) is 68.9. The van der Waals surface area contributed by atoms with Gasteiger partial charge in [0.25, 0.3) is 0 Å². The molecule has 6 rings (SSSR count). The molecule has 2 heterocycles. The number of aliphatic carboxylic acids is 1. The van der Waals surface area contributed by atoms with Gasteiger partial charge < -0.3 is 83.3 Å². The number of hydrogen-bond acceptors (Lipinski definition) is 16. The number of aliphatic hydroxyl groups is 2. The normalized spacial score (nSPS) is 21.8. The van der Waals surface area contributed by atoms with Crippen LogP contribution in [-0.2, 0) is 62.4 Å². The van der Waals surface area contributed by atoms with E-state index >= 15 is 14.4 Å². The lowest BCUT2D eigenvalue weighted by Gasteiger charge is -2.29. The fourth-order valence-corrected chi connectivity index (χ4v) is 12.3. The molecule has 2 aliphatic rings. The number of amides is 10. The Labute approximate surface area is 523 Å². The van der Waals surface area contributed by atoms with Gasteiger partial charge in [0.15, 0.2) is 6.04 Å². The number of carbonyl (C=O) groups is 10. The first-order valence-corrected chi connectivity index (χ1v) is 32.2. The lowest BCUT2D eigenvalue weighted by Crippen LogP contribution is -2.62. The molecular weight excluding hydrogens is 1190 g/mol. The topological polar surface area (TPSA) is 397 Å². The number of nitrogens with one attached hydrogen (secondary N) is 11. The maximum Gasteiger partial charge on any atom is 0.407 e. The number of aliphatic hydroxyl groups excluding tert-OH is 2. The summed E-state index contributed by atoms with van der Waals surface area (Å²) in [6.45, 7) is 7.45. The van der Waals surface area contributed by atoms with E-state index in [4.69, 9.17) is 4.74 Å². The standard InChI is InChI=1S/C61H83N11O15S2/c1-34(73)49-57(82)69-48(56(81)72-50(35(2)74)58(83)84)33-89-88-32-47(68-53(78)45(28-36-16-8-6-9-17-36)70-59(85)64-39-18-10-7-11-19-39)55(80)66-44(29-37-23-25-40(75)26-24-37)52(77)67-46(30-38-31-63-42-21-13-12-20-41(38)42)54(79)65-43(51(76)71-49)22-14-15-27-62-60(86)87-61(3,4)5/h6,8-9,12-13,16-17,20-21,23-26,31,34-35,39,43-50,63,73-75H,7,10-11,14-15,18-19,22,27-30,32-33H2,1-5H3,(H,62,86)(H,65,79)(H,66,80)(H,67,77)(H,68,78)(H,69,82)(H,71,76)(H,72,81)(H,83,84)(H2,64,70,85)/t34-,35-,43+,44+,45-,46-,47+,48+,49+,50+/m1/s1. The summed E-state index contributed by atoms with van der Waals surface area (Å²) in [5.74, 6) is -9.23. The molecule has 10 amide bonds. The monoisotopic (exact) mass is 1270 g/mol. The SMILES string of the molecule is C[C@@H](O)[C@H](NC(=O)[C@@H]1CSSC[C@H](NC(=O)[C@@H](Cc2ccccc2)NC(=O)NC2CCCCC2)C(=O)N[C@@H](Cc2ccc(O)cc2)C(=O)N[C@H](Cc2c[nH]c3ccccc23)C(=O)N[C@@H](CCCCNC(=O)OC(C)(C)C)C(=O)N[C@@H]([C@@H](C)O)C(=O)N1)C(=O)O. The van der Waals surface area contributed by atoms with Crippen molar-refractivity contribution in [3.8, 4) is 5.75 Å². The number of hydrogen-bond donors (Lipinski definition) is 15. The van der Waals surface area contributed by atoms with Crippen LogP contribution >= 0.6 is 21.6 Å². The first-order chi connectivity index (χ1) is 42.3. The highest BCUT2D eigenvalue weighted by Crippen LogP contribution is 2.25. The van der Waals surface area contributed by atoms with Gasteiger partial charge in [-0.2, -0.15) is 0 Å². The van der Waals surface area contributed by atoms with Crippen molar-refractivity contribution in [2.24, 2.45) is 0 Å². The molecule has 1 aliphatic heterocycles. The van der Waals surface area contributed by atoms with Crippen LogP contribution in [0.4, 0.5) is 9.59 Å². The van der Waals surface area contributed by atoms with Gasteiger partial charge in [0.05, 0.1) is 12.2 Å². The summed E-state index contributed by atoms with van der Waals surface area (Å²) >= 11 is 0. The van der Waals surface area contributed by atoms with Gasteiger partial charge in [-0.05, 0) is 102 Å². The van der Waals surface area contributed by atoms with Gasteiger partial charge in [-0.3, -0.25) is 33.6 Å². The Hall–Kier alpha value is -8.08. The molecule has 1 aliphatic carbocycles.